The average molecular weight is 540 g/mol. The summed E-state index contributed by atoms with van der Waals surface area (Å²) in [6.45, 7) is 6.30. The van der Waals surface area contributed by atoms with Gasteiger partial charge in [-0.05, 0) is 55.0 Å². The summed E-state index contributed by atoms with van der Waals surface area (Å²) in [5, 5.41) is 0.998. The standard InChI is InChI=1S/C30H30FN7O2/c1-19-9-10-33-24-8-5-21(17-23(19)24)27-26(20-3-6-22(31)7-4-20)35-28(32)29-34-25(18-38(27)29)30(39)37-13-11-36(12-14-37)15-16-40-2/h3-10,17-18H,11-16H2,1-2H3,(H2,32,35). The Kier molecular flexibility index (Phi) is 6.87. The number of rotatable bonds is 6. The van der Waals surface area contributed by atoms with Crippen molar-refractivity contribution < 1.29 is 13.9 Å². The Morgan fingerprint density at radius 2 is 1.77 bits per heavy atom. The SMILES string of the molecule is COCCN1CCN(C(=O)c2cn3c(-c4ccc5nccc(C)c5c4)c(-c4ccc(F)cc4)nc(N)c3n2)CC1. The van der Waals surface area contributed by atoms with E-state index in [2.05, 4.69) is 20.9 Å². The van der Waals surface area contributed by atoms with E-state index in [1.165, 1.54) is 12.1 Å². The second kappa shape index (κ2) is 10.6. The summed E-state index contributed by atoms with van der Waals surface area (Å²) in [5.74, 6) is -0.308. The summed E-state index contributed by atoms with van der Waals surface area (Å²) in [7, 11) is 1.69. The third kappa shape index (κ3) is 4.76. The van der Waals surface area contributed by atoms with Crippen LogP contribution in [-0.4, -0.2) is 81.5 Å². The van der Waals surface area contributed by atoms with Gasteiger partial charge in [-0.1, -0.05) is 6.07 Å². The number of aryl methyl sites for hydroxylation is 1. The molecule has 9 nitrogen and oxygen atoms in total. The van der Waals surface area contributed by atoms with Crippen LogP contribution in [0.4, 0.5) is 10.2 Å². The number of aromatic nitrogens is 4. The number of nitrogen functional groups attached to an aromatic ring is 1. The van der Waals surface area contributed by atoms with E-state index in [-0.39, 0.29) is 17.5 Å². The van der Waals surface area contributed by atoms with Gasteiger partial charge in [-0.15, -0.1) is 0 Å². The molecular weight excluding hydrogens is 509 g/mol. The van der Waals surface area contributed by atoms with Crippen LogP contribution < -0.4 is 5.73 Å². The number of amides is 1. The molecule has 3 aromatic heterocycles. The maximum Gasteiger partial charge on any atom is 0.274 e. The minimum absolute atomic E-state index is 0.151. The Balaban J connectivity index is 1.47. The number of piperazine rings is 1. The summed E-state index contributed by atoms with van der Waals surface area (Å²) in [6, 6.07) is 14.1. The van der Waals surface area contributed by atoms with E-state index >= 15 is 0 Å². The number of nitrogens with two attached hydrogens (primary N) is 1. The summed E-state index contributed by atoms with van der Waals surface area (Å²) >= 11 is 0. The van der Waals surface area contributed by atoms with Crippen molar-refractivity contribution in [2.75, 3.05) is 52.2 Å². The van der Waals surface area contributed by atoms with Gasteiger partial charge in [0, 0.05) is 68.7 Å². The second-order valence-corrected chi connectivity index (χ2v) is 10.0. The maximum absolute atomic E-state index is 13.8. The highest BCUT2D eigenvalue weighted by molar-refractivity contribution is 5.95. The van der Waals surface area contributed by atoms with Crippen LogP contribution >= 0.6 is 0 Å². The molecule has 10 heteroatoms. The lowest BCUT2D eigenvalue weighted by Crippen LogP contribution is -2.49. The average Bonchev–Trinajstić information content (AvgIpc) is 3.42. The lowest BCUT2D eigenvalue weighted by atomic mass is 10.0. The van der Waals surface area contributed by atoms with Crippen LogP contribution in [0.15, 0.2) is 60.9 Å². The van der Waals surface area contributed by atoms with Crippen molar-refractivity contribution in [3.63, 3.8) is 0 Å². The number of benzene rings is 2. The summed E-state index contributed by atoms with van der Waals surface area (Å²) < 4.78 is 20.8. The molecule has 0 unspecified atom stereocenters. The van der Waals surface area contributed by atoms with Gasteiger partial charge in [0.2, 0.25) is 0 Å². The molecule has 2 N–H and O–H groups in total. The number of pyridine rings is 1. The number of fused-ring (bicyclic) bond motifs is 2. The molecule has 6 rings (SSSR count). The first-order chi connectivity index (χ1) is 19.4. The first-order valence-corrected chi connectivity index (χ1v) is 13.2. The number of hydrogen-bond donors (Lipinski definition) is 1. The topological polar surface area (TPSA) is 102 Å². The molecule has 0 radical (unpaired) electrons. The first kappa shape index (κ1) is 25.8. The summed E-state index contributed by atoms with van der Waals surface area (Å²) in [6.07, 6.45) is 3.52. The zero-order valence-corrected chi connectivity index (χ0v) is 22.5. The molecule has 0 spiro atoms. The molecule has 5 aromatic rings. The third-order valence-corrected chi connectivity index (χ3v) is 7.47. The zero-order chi connectivity index (χ0) is 27.8. The number of anilines is 1. The van der Waals surface area contributed by atoms with E-state index in [9.17, 15) is 9.18 Å². The number of halogens is 1. The third-order valence-electron chi connectivity index (χ3n) is 7.47. The maximum atomic E-state index is 13.8. The van der Waals surface area contributed by atoms with Gasteiger partial charge >= 0.3 is 0 Å². The molecule has 4 heterocycles. The van der Waals surface area contributed by atoms with Crippen molar-refractivity contribution in [2.24, 2.45) is 0 Å². The number of carbonyl (C=O) groups excluding carboxylic acids is 1. The van der Waals surface area contributed by atoms with Gasteiger partial charge < -0.3 is 15.4 Å². The number of hydrogen-bond acceptors (Lipinski definition) is 7. The minimum atomic E-state index is -0.343. The predicted molar refractivity (Wildman–Crippen MR) is 152 cm³/mol. The fourth-order valence-corrected chi connectivity index (χ4v) is 5.24. The van der Waals surface area contributed by atoms with Crippen molar-refractivity contribution in [3.8, 4) is 22.5 Å². The van der Waals surface area contributed by atoms with Crippen LogP contribution in [0.3, 0.4) is 0 Å². The largest absolute Gasteiger partial charge is 0.383 e. The van der Waals surface area contributed by atoms with Gasteiger partial charge in [-0.2, -0.15) is 0 Å². The molecule has 1 fully saturated rings. The molecule has 1 amide bonds. The predicted octanol–water partition coefficient (Wildman–Crippen LogP) is 4.05. The summed E-state index contributed by atoms with van der Waals surface area (Å²) in [4.78, 5) is 31.5. The Hall–Kier alpha value is -4.41. The van der Waals surface area contributed by atoms with Gasteiger partial charge in [0.1, 0.15) is 11.5 Å². The number of ether oxygens (including phenoxy) is 1. The Morgan fingerprint density at radius 3 is 2.52 bits per heavy atom. The monoisotopic (exact) mass is 539 g/mol. The lowest BCUT2D eigenvalue weighted by molar-refractivity contribution is 0.0589. The van der Waals surface area contributed by atoms with Gasteiger partial charge in [0.05, 0.1) is 23.5 Å². The normalized spacial score (nSPS) is 14.3. The molecule has 1 aliphatic heterocycles. The Bertz CT molecular complexity index is 1710. The van der Waals surface area contributed by atoms with Crippen LogP contribution in [0.25, 0.3) is 39.1 Å². The number of nitrogens with zero attached hydrogens (tertiary/aromatic N) is 6. The van der Waals surface area contributed by atoms with E-state index in [4.69, 9.17) is 15.5 Å². The van der Waals surface area contributed by atoms with Crippen LogP contribution in [-0.2, 0) is 4.74 Å². The van der Waals surface area contributed by atoms with Gasteiger partial charge in [0.25, 0.3) is 5.91 Å². The van der Waals surface area contributed by atoms with Gasteiger partial charge in [-0.25, -0.2) is 14.4 Å². The molecule has 0 saturated carbocycles. The summed E-state index contributed by atoms with van der Waals surface area (Å²) in [5.41, 5.74) is 11.9. The number of methoxy groups -OCH3 is 1. The van der Waals surface area contributed by atoms with Crippen LogP contribution in [0.1, 0.15) is 16.1 Å². The van der Waals surface area contributed by atoms with Crippen LogP contribution in [0.2, 0.25) is 0 Å². The molecule has 0 aliphatic carbocycles. The zero-order valence-electron chi connectivity index (χ0n) is 22.5. The quantitative estimate of drug-likeness (QED) is 0.347. The number of imidazole rings is 1. The number of carbonyl (C=O) groups is 1. The molecule has 0 atom stereocenters. The van der Waals surface area contributed by atoms with Crippen molar-refractivity contribution in [1.29, 1.82) is 0 Å². The fraction of sp³-hybridized carbons (Fsp3) is 0.267. The van der Waals surface area contributed by atoms with E-state index in [1.807, 2.05) is 34.4 Å². The molecule has 2 aromatic carbocycles. The molecule has 40 heavy (non-hydrogen) atoms. The lowest BCUT2D eigenvalue weighted by Gasteiger charge is -2.34. The van der Waals surface area contributed by atoms with Crippen molar-refractivity contribution in [1.82, 2.24) is 29.2 Å². The minimum Gasteiger partial charge on any atom is -0.383 e. The van der Waals surface area contributed by atoms with E-state index in [0.717, 1.165) is 41.7 Å². The molecule has 1 aliphatic rings. The van der Waals surface area contributed by atoms with Crippen molar-refractivity contribution in [2.45, 2.75) is 6.92 Å². The second-order valence-electron chi connectivity index (χ2n) is 10.0. The molecular formula is C30H30FN7O2. The van der Waals surface area contributed by atoms with E-state index in [1.54, 1.807) is 31.6 Å². The smallest absolute Gasteiger partial charge is 0.274 e. The van der Waals surface area contributed by atoms with Crippen molar-refractivity contribution >= 4 is 28.3 Å². The molecule has 0 bridgehead atoms. The van der Waals surface area contributed by atoms with E-state index in [0.29, 0.717) is 48.0 Å². The Labute approximate surface area is 231 Å². The Morgan fingerprint density at radius 1 is 1.02 bits per heavy atom. The van der Waals surface area contributed by atoms with Crippen molar-refractivity contribution in [3.05, 3.63) is 78.0 Å². The molecule has 1 saturated heterocycles. The van der Waals surface area contributed by atoms with Crippen LogP contribution in [0, 0.1) is 12.7 Å². The fourth-order valence-electron chi connectivity index (χ4n) is 5.24. The van der Waals surface area contributed by atoms with Gasteiger partial charge in [0.15, 0.2) is 11.5 Å². The highest BCUT2D eigenvalue weighted by Gasteiger charge is 2.26. The molecule has 204 valence electrons. The van der Waals surface area contributed by atoms with Crippen LogP contribution in [0.5, 0.6) is 0 Å². The first-order valence-electron chi connectivity index (χ1n) is 13.2. The highest BCUT2D eigenvalue weighted by atomic mass is 19.1. The van der Waals surface area contributed by atoms with E-state index < -0.39 is 0 Å². The highest BCUT2D eigenvalue weighted by Crippen LogP contribution is 2.35. The van der Waals surface area contributed by atoms with Gasteiger partial charge in [-0.3, -0.25) is 19.1 Å².